The number of rotatable bonds is 3. The molecule has 0 bridgehead atoms. The van der Waals surface area contributed by atoms with Gasteiger partial charge < -0.3 is 10.6 Å². The number of anilines is 1. The van der Waals surface area contributed by atoms with Crippen molar-refractivity contribution in [1.82, 2.24) is 10.2 Å². The van der Waals surface area contributed by atoms with Gasteiger partial charge in [-0.2, -0.15) is 0 Å². The second kappa shape index (κ2) is 5.52. The summed E-state index contributed by atoms with van der Waals surface area (Å²) in [5.74, 6) is 0.247. The van der Waals surface area contributed by atoms with Crippen LogP contribution in [-0.2, 0) is 0 Å². The van der Waals surface area contributed by atoms with E-state index in [4.69, 9.17) is 5.73 Å². The standard InChI is InChI=1S/C16H18N4O/c1-11-5-2-3-6-12(11)14-7-4-10-20(14)15-9-8-13(16(17)21)18-19-15/h2-3,5-6,8-9,14H,4,7,10H2,1H3,(H2,17,21). The largest absolute Gasteiger partial charge is 0.364 e. The lowest BCUT2D eigenvalue weighted by molar-refractivity contribution is 0.0994. The van der Waals surface area contributed by atoms with Gasteiger partial charge in [0.25, 0.3) is 5.91 Å². The Bertz CT molecular complexity index is 654. The zero-order chi connectivity index (χ0) is 14.8. The van der Waals surface area contributed by atoms with Crippen molar-refractivity contribution in [1.29, 1.82) is 0 Å². The fourth-order valence-electron chi connectivity index (χ4n) is 2.93. The predicted molar refractivity (Wildman–Crippen MR) is 81.0 cm³/mol. The van der Waals surface area contributed by atoms with Crippen molar-refractivity contribution in [2.45, 2.75) is 25.8 Å². The summed E-state index contributed by atoms with van der Waals surface area (Å²) in [7, 11) is 0. The van der Waals surface area contributed by atoms with Crippen LogP contribution < -0.4 is 10.6 Å². The normalized spacial score (nSPS) is 18.0. The van der Waals surface area contributed by atoms with E-state index in [1.807, 2.05) is 6.07 Å². The molecule has 1 atom stereocenters. The minimum Gasteiger partial charge on any atom is -0.364 e. The van der Waals surface area contributed by atoms with Crippen LogP contribution in [0.2, 0.25) is 0 Å². The van der Waals surface area contributed by atoms with E-state index in [9.17, 15) is 4.79 Å². The monoisotopic (exact) mass is 282 g/mol. The second-order valence-corrected chi connectivity index (χ2v) is 5.35. The molecule has 1 aromatic heterocycles. The van der Waals surface area contributed by atoms with Gasteiger partial charge in [-0.1, -0.05) is 24.3 Å². The zero-order valence-corrected chi connectivity index (χ0v) is 12.0. The first-order valence-electron chi connectivity index (χ1n) is 7.12. The van der Waals surface area contributed by atoms with Gasteiger partial charge in [-0.05, 0) is 43.0 Å². The molecule has 3 rings (SSSR count). The Hall–Kier alpha value is -2.43. The van der Waals surface area contributed by atoms with Crippen LogP contribution in [-0.4, -0.2) is 22.6 Å². The highest BCUT2D eigenvalue weighted by atomic mass is 16.1. The Kier molecular flexibility index (Phi) is 3.56. The Labute approximate surface area is 123 Å². The van der Waals surface area contributed by atoms with E-state index in [1.165, 1.54) is 11.1 Å². The SMILES string of the molecule is Cc1ccccc1C1CCCN1c1ccc(C(N)=O)nn1. The quantitative estimate of drug-likeness (QED) is 0.937. The van der Waals surface area contributed by atoms with E-state index < -0.39 is 5.91 Å². The van der Waals surface area contributed by atoms with Gasteiger partial charge in [0.1, 0.15) is 0 Å². The number of aromatic nitrogens is 2. The van der Waals surface area contributed by atoms with Gasteiger partial charge in [-0.15, -0.1) is 10.2 Å². The van der Waals surface area contributed by atoms with Crippen LogP contribution >= 0.6 is 0 Å². The van der Waals surface area contributed by atoms with E-state index in [0.29, 0.717) is 6.04 Å². The van der Waals surface area contributed by atoms with Gasteiger partial charge in [-0.3, -0.25) is 4.79 Å². The number of carbonyl (C=O) groups excluding carboxylic acids is 1. The van der Waals surface area contributed by atoms with Crippen LogP contribution in [0.1, 0.15) is 40.5 Å². The average molecular weight is 282 g/mol. The van der Waals surface area contributed by atoms with Gasteiger partial charge in [0.2, 0.25) is 0 Å². The van der Waals surface area contributed by atoms with E-state index in [0.717, 1.165) is 25.2 Å². The molecule has 2 aromatic rings. The van der Waals surface area contributed by atoms with Crippen molar-refractivity contribution >= 4 is 11.7 Å². The van der Waals surface area contributed by atoms with Gasteiger partial charge >= 0.3 is 0 Å². The third kappa shape index (κ3) is 2.59. The molecule has 5 nitrogen and oxygen atoms in total. The van der Waals surface area contributed by atoms with Crippen molar-refractivity contribution in [3.63, 3.8) is 0 Å². The first kappa shape index (κ1) is 13.5. The molecule has 0 aliphatic carbocycles. The smallest absolute Gasteiger partial charge is 0.269 e. The summed E-state index contributed by atoms with van der Waals surface area (Å²) in [4.78, 5) is 13.3. The lowest BCUT2D eigenvalue weighted by Crippen LogP contribution is -2.25. The lowest BCUT2D eigenvalue weighted by atomic mass is 9.99. The molecule has 1 aliphatic heterocycles. The summed E-state index contributed by atoms with van der Waals surface area (Å²) in [6.07, 6.45) is 2.22. The van der Waals surface area contributed by atoms with Gasteiger partial charge in [0.15, 0.2) is 11.5 Å². The van der Waals surface area contributed by atoms with Crippen LogP contribution in [0.15, 0.2) is 36.4 Å². The number of primary amides is 1. The summed E-state index contributed by atoms with van der Waals surface area (Å²) in [6.45, 7) is 3.08. The highest BCUT2D eigenvalue weighted by Gasteiger charge is 2.28. The molecule has 0 saturated carbocycles. The third-order valence-electron chi connectivity index (χ3n) is 4.00. The lowest BCUT2D eigenvalue weighted by Gasteiger charge is -2.26. The molecule has 1 amide bonds. The Balaban J connectivity index is 1.90. The number of amides is 1. The van der Waals surface area contributed by atoms with Gasteiger partial charge in [-0.25, -0.2) is 0 Å². The van der Waals surface area contributed by atoms with Crippen LogP contribution in [0.5, 0.6) is 0 Å². The molecule has 1 aliphatic rings. The fourth-order valence-corrected chi connectivity index (χ4v) is 2.93. The summed E-state index contributed by atoms with van der Waals surface area (Å²) < 4.78 is 0. The molecule has 1 unspecified atom stereocenters. The fraction of sp³-hybridized carbons (Fsp3) is 0.312. The molecule has 0 radical (unpaired) electrons. The summed E-state index contributed by atoms with van der Waals surface area (Å²) in [6, 6.07) is 12.2. The number of hydrogen-bond donors (Lipinski definition) is 1. The predicted octanol–water partition coefficient (Wildman–Crippen LogP) is 2.23. The second-order valence-electron chi connectivity index (χ2n) is 5.35. The first-order chi connectivity index (χ1) is 10.2. The highest BCUT2D eigenvalue weighted by Crippen LogP contribution is 2.36. The van der Waals surface area contributed by atoms with Crippen LogP contribution in [0.4, 0.5) is 5.82 Å². The molecule has 1 aromatic carbocycles. The molecule has 0 spiro atoms. The minimum absolute atomic E-state index is 0.199. The van der Waals surface area contributed by atoms with Crippen LogP contribution in [0.3, 0.4) is 0 Å². The van der Waals surface area contributed by atoms with Crippen molar-refractivity contribution in [3.05, 3.63) is 53.2 Å². The maximum Gasteiger partial charge on any atom is 0.269 e. The molecule has 2 heterocycles. The molecule has 1 fully saturated rings. The number of nitrogens with two attached hydrogens (primary N) is 1. The van der Waals surface area contributed by atoms with E-state index in [-0.39, 0.29) is 5.69 Å². The topological polar surface area (TPSA) is 72.1 Å². The van der Waals surface area contributed by atoms with Gasteiger partial charge in [0.05, 0.1) is 6.04 Å². The zero-order valence-electron chi connectivity index (χ0n) is 12.0. The summed E-state index contributed by atoms with van der Waals surface area (Å²) in [5.41, 5.74) is 8.02. The summed E-state index contributed by atoms with van der Waals surface area (Å²) >= 11 is 0. The maximum absolute atomic E-state index is 11.1. The number of hydrogen-bond acceptors (Lipinski definition) is 4. The van der Waals surface area contributed by atoms with E-state index in [2.05, 4.69) is 46.3 Å². The van der Waals surface area contributed by atoms with E-state index in [1.54, 1.807) is 6.07 Å². The maximum atomic E-state index is 11.1. The van der Waals surface area contributed by atoms with E-state index >= 15 is 0 Å². The van der Waals surface area contributed by atoms with Gasteiger partial charge in [0, 0.05) is 6.54 Å². The van der Waals surface area contributed by atoms with Crippen molar-refractivity contribution in [2.24, 2.45) is 5.73 Å². The van der Waals surface area contributed by atoms with Crippen molar-refractivity contribution in [3.8, 4) is 0 Å². The first-order valence-corrected chi connectivity index (χ1v) is 7.12. The number of nitrogens with zero attached hydrogens (tertiary/aromatic N) is 3. The molecule has 1 saturated heterocycles. The number of carbonyl (C=O) groups is 1. The molecular formula is C16H18N4O. The average Bonchev–Trinajstić information content (AvgIpc) is 2.97. The summed E-state index contributed by atoms with van der Waals surface area (Å²) in [5, 5.41) is 8.07. The number of benzene rings is 1. The molecule has 5 heteroatoms. The van der Waals surface area contributed by atoms with Crippen LogP contribution in [0.25, 0.3) is 0 Å². The molecular weight excluding hydrogens is 264 g/mol. The highest BCUT2D eigenvalue weighted by molar-refractivity contribution is 5.90. The molecule has 108 valence electrons. The van der Waals surface area contributed by atoms with Crippen molar-refractivity contribution in [2.75, 3.05) is 11.4 Å². The minimum atomic E-state index is -0.550. The Morgan fingerprint density at radius 1 is 1.24 bits per heavy atom. The molecule has 2 N–H and O–H groups in total. The van der Waals surface area contributed by atoms with Crippen LogP contribution in [0, 0.1) is 6.92 Å². The third-order valence-corrected chi connectivity index (χ3v) is 4.00. The Morgan fingerprint density at radius 3 is 2.71 bits per heavy atom. The number of aryl methyl sites for hydroxylation is 1. The van der Waals surface area contributed by atoms with Crippen molar-refractivity contribution < 1.29 is 4.79 Å². The molecule has 21 heavy (non-hydrogen) atoms. The Morgan fingerprint density at radius 2 is 2.05 bits per heavy atom.